The molecule has 3 aromatic carbocycles. The number of hydrogen-bond acceptors (Lipinski definition) is 3. The molecule has 1 heterocycles. The van der Waals surface area contributed by atoms with Crippen LogP contribution in [-0.4, -0.2) is 11.8 Å². The smallest absolute Gasteiger partial charge is 0.263 e. The van der Waals surface area contributed by atoms with Gasteiger partial charge in [-0.1, -0.05) is 72.3 Å². The van der Waals surface area contributed by atoms with Crippen molar-refractivity contribution in [3.05, 3.63) is 106 Å². The molecule has 32 heavy (non-hydrogen) atoms. The molecule has 0 fully saturated rings. The molecular weight excluding hydrogens is 422 g/mol. The second-order valence-corrected chi connectivity index (χ2v) is 7.94. The third kappa shape index (κ3) is 4.14. The Kier molecular flexibility index (Phi) is 6.07. The lowest BCUT2D eigenvalue weighted by Gasteiger charge is -2.17. The van der Waals surface area contributed by atoms with Gasteiger partial charge < -0.3 is 10.2 Å². The zero-order valence-corrected chi connectivity index (χ0v) is 18.1. The molecule has 0 bridgehead atoms. The maximum atomic E-state index is 13.4. The van der Waals surface area contributed by atoms with Crippen molar-refractivity contribution in [3.63, 3.8) is 0 Å². The quantitative estimate of drug-likeness (QED) is 0.445. The minimum absolute atomic E-state index is 0.120. The Bertz CT molecular complexity index is 1240. The number of fused-ring (bicyclic) bond motifs is 1. The van der Waals surface area contributed by atoms with Crippen LogP contribution in [0.25, 0.3) is 5.57 Å². The van der Waals surface area contributed by atoms with E-state index in [4.69, 9.17) is 11.6 Å². The van der Waals surface area contributed by atoms with Crippen LogP contribution in [0.1, 0.15) is 29.7 Å². The molecule has 1 aliphatic rings. The third-order valence-corrected chi connectivity index (χ3v) is 5.67. The fourth-order valence-corrected chi connectivity index (χ4v) is 3.89. The van der Waals surface area contributed by atoms with Crippen LogP contribution in [0.15, 0.2) is 84.4 Å². The number of anilines is 1. The van der Waals surface area contributed by atoms with Gasteiger partial charge in [0.2, 0.25) is 0 Å². The molecule has 1 N–H and O–H groups in total. The van der Waals surface area contributed by atoms with E-state index < -0.39 is 5.91 Å². The summed E-state index contributed by atoms with van der Waals surface area (Å²) < 4.78 is 0. The lowest BCUT2D eigenvalue weighted by Crippen LogP contribution is -2.30. The van der Waals surface area contributed by atoms with E-state index in [1.54, 1.807) is 29.2 Å². The topological polar surface area (TPSA) is 73.2 Å². The number of rotatable bonds is 5. The van der Waals surface area contributed by atoms with E-state index >= 15 is 0 Å². The monoisotopic (exact) mass is 441 g/mol. The minimum atomic E-state index is -0.574. The van der Waals surface area contributed by atoms with Crippen molar-refractivity contribution in [2.45, 2.75) is 19.5 Å². The molecule has 158 valence electrons. The Hall–Kier alpha value is -3.88. The molecule has 0 radical (unpaired) electrons. The van der Waals surface area contributed by atoms with E-state index in [0.717, 1.165) is 11.1 Å². The van der Waals surface area contributed by atoms with E-state index in [9.17, 15) is 14.9 Å². The highest BCUT2D eigenvalue weighted by atomic mass is 35.5. The Morgan fingerprint density at radius 2 is 1.69 bits per heavy atom. The molecule has 1 atom stereocenters. The van der Waals surface area contributed by atoms with Crippen molar-refractivity contribution in [2.24, 2.45) is 0 Å². The number of nitriles is 1. The number of benzene rings is 3. The second kappa shape index (κ2) is 9.09. The number of carbonyl (C=O) groups excluding carboxylic acids is 2. The summed E-state index contributed by atoms with van der Waals surface area (Å²) in [4.78, 5) is 28.0. The first-order chi connectivity index (χ1) is 15.5. The van der Waals surface area contributed by atoms with E-state index in [1.807, 2.05) is 67.6 Å². The van der Waals surface area contributed by atoms with Crippen molar-refractivity contribution < 1.29 is 9.59 Å². The Labute approximate surface area is 191 Å². The van der Waals surface area contributed by atoms with Crippen LogP contribution >= 0.6 is 11.6 Å². The molecule has 4 rings (SSSR count). The van der Waals surface area contributed by atoms with Gasteiger partial charge in [-0.2, -0.15) is 5.26 Å². The highest BCUT2D eigenvalue weighted by Gasteiger charge is 2.36. The van der Waals surface area contributed by atoms with Gasteiger partial charge in [0.05, 0.1) is 23.8 Å². The SMILES string of the molecule is CC(NC(=O)/C(C#N)=C1/C(=O)N(Cc2ccc(Cl)cc2)c2ccccc21)c1ccccc1. The number of nitrogens with one attached hydrogen (secondary N) is 1. The Balaban J connectivity index is 1.69. The fraction of sp³-hybridized carbons (Fsp3) is 0.115. The summed E-state index contributed by atoms with van der Waals surface area (Å²) in [7, 11) is 0. The zero-order valence-electron chi connectivity index (χ0n) is 17.4. The van der Waals surface area contributed by atoms with Gasteiger partial charge in [0.1, 0.15) is 11.6 Å². The standard InChI is InChI=1S/C26H20ClN3O2/c1-17(19-7-3-2-4-8-19)29-25(31)22(15-28)24-21-9-5-6-10-23(21)30(26(24)32)16-18-11-13-20(27)14-12-18/h2-14,17H,16H2,1H3,(H,29,31)/b24-22+. The zero-order chi connectivity index (χ0) is 22.7. The van der Waals surface area contributed by atoms with Gasteiger partial charge in [-0.15, -0.1) is 0 Å². The molecule has 5 nitrogen and oxygen atoms in total. The van der Waals surface area contributed by atoms with Crippen LogP contribution in [0.5, 0.6) is 0 Å². The molecule has 1 aliphatic heterocycles. The van der Waals surface area contributed by atoms with Crippen LogP contribution in [0.4, 0.5) is 5.69 Å². The molecule has 0 saturated carbocycles. The molecule has 2 amide bonds. The van der Waals surface area contributed by atoms with Crippen molar-refractivity contribution >= 4 is 34.7 Å². The minimum Gasteiger partial charge on any atom is -0.345 e. The summed E-state index contributed by atoms with van der Waals surface area (Å²) >= 11 is 5.97. The van der Waals surface area contributed by atoms with Crippen molar-refractivity contribution in [1.29, 1.82) is 5.26 Å². The average molecular weight is 442 g/mol. The van der Waals surface area contributed by atoms with Gasteiger partial charge in [-0.3, -0.25) is 9.59 Å². The largest absolute Gasteiger partial charge is 0.345 e. The first-order valence-electron chi connectivity index (χ1n) is 10.2. The maximum Gasteiger partial charge on any atom is 0.263 e. The van der Waals surface area contributed by atoms with Crippen LogP contribution in [-0.2, 0) is 16.1 Å². The summed E-state index contributed by atoms with van der Waals surface area (Å²) in [6.07, 6.45) is 0. The van der Waals surface area contributed by atoms with E-state index in [1.165, 1.54) is 0 Å². The first kappa shape index (κ1) is 21.4. The molecular formula is C26H20ClN3O2. The number of halogens is 1. The lowest BCUT2D eigenvalue weighted by molar-refractivity contribution is -0.118. The number of amides is 2. The van der Waals surface area contributed by atoms with Crippen molar-refractivity contribution in [3.8, 4) is 6.07 Å². The van der Waals surface area contributed by atoms with Crippen molar-refractivity contribution in [1.82, 2.24) is 5.32 Å². The molecule has 1 unspecified atom stereocenters. The number of nitrogens with zero attached hydrogens (tertiary/aromatic N) is 2. The van der Waals surface area contributed by atoms with Crippen molar-refractivity contribution in [2.75, 3.05) is 4.90 Å². The van der Waals surface area contributed by atoms with Crippen LogP contribution in [0, 0.1) is 11.3 Å². The normalized spacial score (nSPS) is 15.0. The highest BCUT2D eigenvalue weighted by Crippen LogP contribution is 2.39. The van der Waals surface area contributed by atoms with Crippen LogP contribution < -0.4 is 10.2 Å². The summed E-state index contributed by atoms with van der Waals surface area (Å²) in [6.45, 7) is 2.14. The highest BCUT2D eigenvalue weighted by molar-refractivity contribution is 6.37. The maximum absolute atomic E-state index is 13.4. The Morgan fingerprint density at radius 3 is 2.38 bits per heavy atom. The number of hydrogen-bond donors (Lipinski definition) is 1. The summed E-state index contributed by atoms with van der Waals surface area (Å²) in [5, 5.41) is 13.3. The number of para-hydroxylation sites is 1. The van der Waals surface area contributed by atoms with E-state index in [0.29, 0.717) is 22.8 Å². The predicted molar refractivity (Wildman–Crippen MR) is 125 cm³/mol. The molecule has 0 aliphatic carbocycles. The van der Waals surface area contributed by atoms with Gasteiger partial charge in [0.15, 0.2) is 0 Å². The molecule has 0 spiro atoms. The first-order valence-corrected chi connectivity index (χ1v) is 10.5. The second-order valence-electron chi connectivity index (χ2n) is 7.50. The van der Waals surface area contributed by atoms with Gasteiger partial charge in [-0.05, 0) is 36.2 Å². The summed E-state index contributed by atoms with van der Waals surface area (Å²) in [6, 6.07) is 25.5. The van der Waals surface area contributed by atoms with Gasteiger partial charge in [0, 0.05) is 10.6 Å². The predicted octanol–water partition coefficient (Wildman–Crippen LogP) is 5.04. The van der Waals surface area contributed by atoms with E-state index in [2.05, 4.69) is 5.32 Å². The van der Waals surface area contributed by atoms with E-state index in [-0.39, 0.29) is 23.1 Å². The summed E-state index contributed by atoms with van der Waals surface area (Å²) in [5.74, 6) is -0.949. The molecule has 3 aromatic rings. The van der Waals surface area contributed by atoms with Crippen LogP contribution in [0.3, 0.4) is 0 Å². The lowest BCUT2D eigenvalue weighted by atomic mass is 10.0. The third-order valence-electron chi connectivity index (χ3n) is 5.41. The van der Waals surface area contributed by atoms with Gasteiger partial charge in [0.25, 0.3) is 11.8 Å². The number of carbonyl (C=O) groups is 2. The molecule has 0 saturated heterocycles. The fourth-order valence-electron chi connectivity index (χ4n) is 3.77. The Morgan fingerprint density at radius 1 is 1.03 bits per heavy atom. The molecule has 6 heteroatoms. The van der Waals surface area contributed by atoms with Gasteiger partial charge >= 0.3 is 0 Å². The average Bonchev–Trinajstić information content (AvgIpc) is 3.08. The summed E-state index contributed by atoms with van der Waals surface area (Å²) in [5.41, 5.74) is 2.97. The van der Waals surface area contributed by atoms with Gasteiger partial charge in [-0.25, -0.2) is 0 Å². The molecule has 0 aromatic heterocycles. The van der Waals surface area contributed by atoms with Crippen LogP contribution in [0.2, 0.25) is 5.02 Å².